The van der Waals surface area contributed by atoms with Gasteiger partial charge in [-0.25, -0.2) is 0 Å². The third-order valence-electron chi connectivity index (χ3n) is 4.68. The van der Waals surface area contributed by atoms with Gasteiger partial charge >= 0.3 is 0 Å². The zero-order valence-corrected chi connectivity index (χ0v) is 15.6. The van der Waals surface area contributed by atoms with Crippen molar-refractivity contribution < 1.29 is 14.3 Å². The first-order valence-corrected chi connectivity index (χ1v) is 9.86. The van der Waals surface area contributed by atoms with Crippen molar-refractivity contribution in [2.75, 3.05) is 37.1 Å². The van der Waals surface area contributed by atoms with E-state index in [9.17, 15) is 4.79 Å². The zero-order valence-electron chi connectivity index (χ0n) is 14.8. The Morgan fingerprint density at radius 2 is 2.04 bits per heavy atom. The van der Waals surface area contributed by atoms with E-state index < -0.39 is 0 Å². The number of para-hydroxylation sites is 1. The van der Waals surface area contributed by atoms with E-state index in [-0.39, 0.29) is 12.7 Å². The summed E-state index contributed by atoms with van der Waals surface area (Å²) in [5.74, 6) is 2.67. The Balaban J connectivity index is 1.44. The number of fused-ring (bicyclic) bond motifs is 2. The van der Waals surface area contributed by atoms with Gasteiger partial charge in [-0.1, -0.05) is 25.1 Å². The van der Waals surface area contributed by atoms with Gasteiger partial charge in [0.05, 0.1) is 12.2 Å². The number of carbonyl (C=O) groups excluding carboxylic acids is 1. The monoisotopic (exact) mass is 370 g/mol. The molecular weight excluding hydrogens is 348 g/mol. The number of thioether (sulfide) groups is 1. The van der Waals surface area contributed by atoms with E-state index in [1.54, 1.807) is 0 Å². The minimum Gasteiger partial charge on any atom is -0.454 e. The van der Waals surface area contributed by atoms with E-state index in [1.807, 2.05) is 53.1 Å². The molecule has 0 bridgehead atoms. The quantitative estimate of drug-likeness (QED) is 0.807. The molecule has 0 aromatic heterocycles. The summed E-state index contributed by atoms with van der Waals surface area (Å²) in [5.41, 5.74) is 2.16. The van der Waals surface area contributed by atoms with Gasteiger partial charge in [0.1, 0.15) is 0 Å². The van der Waals surface area contributed by atoms with Crippen molar-refractivity contribution in [1.82, 2.24) is 4.90 Å². The third-order valence-corrected chi connectivity index (χ3v) is 5.72. The van der Waals surface area contributed by atoms with Crippen molar-refractivity contribution in [2.24, 2.45) is 0 Å². The normalized spacial score (nSPS) is 15.2. The molecule has 0 saturated carbocycles. The van der Waals surface area contributed by atoms with E-state index in [1.165, 1.54) is 4.90 Å². The number of nitrogens with zero attached hydrogens (tertiary/aromatic N) is 2. The Kier molecular flexibility index (Phi) is 5.04. The second-order valence-electron chi connectivity index (χ2n) is 6.35. The number of ether oxygens (including phenoxy) is 2. The van der Waals surface area contributed by atoms with Crippen LogP contribution in [-0.4, -0.2) is 43.0 Å². The number of anilines is 1. The molecule has 2 aliphatic heterocycles. The average molecular weight is 370 g/mol. The van der Waals surface area contributed by atoms with Crippen LogP contribution < -0.4 is 14.4 Å². The predicted octanol–water partition coefficient (Wildman–Crippen LogP) is 3.38. The first-order chi connectivity index (χ1) is 12.7. The summed E-state index contributed by atoms with van der Waals surface area (Å²) in [6, 6.07) is 14.1. The molecule has 0 fully saturated rings. The van der Waals surface area contributed by atoms with Gasteiger partial charge in [0.15, 0.2) is 11.5 Å². The summed E-state index contributed by atoms with van der Waals surface area (Å²) in [5, 5.41) is 0. The molecule has 136 valence electrons. The fourth-order valence-electron chi connectivity index (χ4n) is 3.28. The van der Waals surface area contributed by atoms with Crippen molar-refractivity contribution in [2.45, 2.75) is 18.4 Å². The molecule has 0 spiro atoms. The smallest absolute Gasteiger partial charge is 0.241 e. The van der Waals surface area contributed by atoms with E-state index >= 15 is 0 Å². The fraction of sp³-hybridized carbons (Fsp3) is 0.350. The summed E-state index contributed by atoms with van der Waals surface area (Å²) >= 11 is 1.82. The Bertz CT molecular complexity index is 811. The van der Waals surface area contributed by atoms with Gasteiger partial charge in [-0.2, -0.15) is 0 Å². The molecule has 0 aliphatic carbocycles. The maximum absolute atomic E-state index is 12.9. The van der Waals surface area contributed by atoms with Gasteiger partial charge < -0.3 is 14.4 Å². The highest BCUT2D eigenvalue weighted by atomic mass is 32.2. The summed E-state index contributed by atoms with van der Waals surface area (Å²) in [4.78, 5) is 18.2. The topological polar surface area (TPSA) is 42.0 Å². The summed E-state index contributed by atoms with van der Waals surface area (Å²) in [6.07, 6.45) is 0. The maximum atomic E-state index is 12.9. The molecule has 2 aromatic rings. The number of likely N-dealkylation sites (N-methyl/N-ethyl adjacent to an activating group) is 1. The van der Waals surface area contributed by atoms with Gasteiger partial charge in [-0.3, -0.25) is 9.69 Å². The first kappa shape index (κ1) is 17.2. The van der Waals surface area contributed by atoms with Crippen LogP contribution in [0.1, 0.15) is 12.5 Å². The number of hydrogen-bond acceptors (Lipinski definition) is 5. The number of amides is 1. The molecule has 1 amide bonds. The molecule has 5 nitrogen and oxygen atoms in total. The average Bonchev–Trinajstić information content (AvgIpc) is 3.14. The Hall–Kier alpha value is -2.18. The van der Waals surface area contributed by atoms with Crippen molar-refractivity contribution in [1.29, 1.82) is 0 Å². The summed E-state index contributed by atoms with van der Waals surface area (Å²) < 4.78 is 10.8. The maximum Gasteiger partial charge on any atom is 0.241 e. The van der Waals surface area contributed by atoms with Crippen LogP contribution in [0.2, 0.25) is 0 Å². The molecule has 2 aliphatic rings. The fourth-order valence-corrected chi connectivity index (χ4v) is 4.28. The van der Waals surface area contributed by atoms with Crippen LogP contribution in [0.3, 0.4) is 0 Å². The summed E-state index contributed by atoms with van der Waals surface area (Å²) in [7, 11) is 0. The SMILES string of the molecule is CCN(CC(=O)N1CCSc2ccccc21)Cc1ccc2c(c1)OCO2. The van der Waals surface area contributed by atoms with Crippen LogP contribution >= 0.6 is 11.8 Å². The standard InChI is InChI=1S/C20H22N2O3S/c1-2-21(12-15-7-8-17-18(11-15)25-14-24-17)13-20(23)22-9-10-26-19-6-4-3-5-16(19)22/h3-8,11H,2,9-10,12-14H2,1H3. The van der Waals surface area contributed by atoms with Crippen LogP contribution in [0.25, 0.3) is 0 Å². The van der Waals surface area contributed by atoms with E-state index in [0.29, 0.717) is 13.1 Å². The first-order valence-electron chi connectivity index (χ1n) is 8.87. The number of rotatable bonds is 5. The highest BCUT2D eigenvalue weighted by molar-refractivity contribution is 7.99. The zero-order chi connectivity index (χ0) is 17.9. The lowest BCUT2D eigenvalue weighted by atomic mass is 10.2. The second-order valence-corrected chi connectivity index (χ2v) is 7.49. The van der Waals surface area contributed by atoms with Crippen LogP contribution in [0.4, 0.5) is 5.69 Å². The minimum absolute atomic E-state index is 0.153. The van der Waals surface area contributed by atoms with E-state index in [2.05, 4.69) is 17.9 Å². The molecule has 2 heterocycles. The van der Waals surface area contributed by atoms with Crippen LogP contribution in [0, 0.1) is 0 Å². The molecule has 0 N–H and O–H groups in total. The number of benzene rings is 2. The summed E-state index contributed by atoms with van der Waals surface area (Å²) in [6.45, 7) is 5.06. The lowest BCUT2D eigenvalue weighted by Gasteiger charge is -2.31. The lowest BCUT2D eigenvalue weighted by Crippen LogP contribution is -2.42. The largest absolute Gasteiger partial charge is 0.454 e. The molecule has 0 atom stereocenters. The van der Waals surface area contributed by atoms with Crippen LogP contribution in [0.5, 0.6) is 11.5 Å². The number of carbonyl (C=O) groups is 1. The van der Waals surface area contributed by atoms with Crippen LogP contribution in [0.15, 0.2) is 47.4 Å². The Labute approximate surface area is 157 Å². The molecule has 26 heavy (non-hydrogen) atoms. The van der Waals surface area contributed by atoms with Crippen molar-refractivity contribution in [3.8, 4) is 11.5 Å². The van der Waals surface area contributed by atoms with Gasteiger partial charge in [0, 0.05) is 23.7 Å². The van der Waals surface area contributed by atoms with Gasteiger partial charge in [-0.15, -0.1) is 11.8 Å². The highest BCUT2D eigenvalue weighted by Gasteiger charge is 2.24. The molecular formula is C20H22N2O3S. The van der Waals surface area contributed by atoms with Crippen molar-refractivity contribution in [3.05, 3.63) is 48.0 Å². The van der Waals surface area contributed by atoms with Crippen LogP contribution in [-0.2, 0) is 11.3 Å². The van der Waals surface area contributed by atoms with Crippen molar-refractivity contribution >= 4 is 23.4 Å². The molecule has 0 unspecified atom stereocenters. The molecule has 0 saturated heterocycles. The van der Waals surface area contributed by atoms with Crippen molar-refractivity contribution in [3.63, 3.8) is 0 Å². The van der Waals surface area contributed by atoms with Gasteiger partial charge in [0.2, 0.25) is 12.7 Å². The Morgan fingerprint density at radius 1 is 1.19 bits per heavy atom. The van der Waals surface area contributed by atoms with Gasteiger partial charge in [-0.05, 0) is 36.4 Å². The second kappa shape index (κ2) is 7.60. The molecule has 0 radical (unpaired) electrons. The highest BCUT2D eigenvalue weighted by Crippen LogP contribution is 2.35. The number of hydrogen-bond donors (Lipinski definition) is 0. The minimum atomic E-state index is 0.153. The molecule has 2 aromatic carbocycles. The van der Waals surface area contributed by atoms with Gasteiger partial charge in [0.25, 0.3) is 0 Å². The van der Waals surface area contributed by atoms with E-state index in [4.69, 9.17) is 9.47 Å². The van der Waals surface area contributed by atoms with E-state index in [0.717, 1.165) is 41.6 Å². The third kappa shape index (κ3) is 3.52. The molecule has 4 rings (SSSR count). The Morgan fingerprint density at radius 3 is 2.92 bits per heavy atom. The predicted molar refractivity (Wildman–Crippen MR) is 103 cm³/mol. The lowest BCUT2D eigenvalue weighted by molar-refractivity contribution is -0.119. The molecule has 6 heteroatoms.